The molecule has 2 aromatic heterocycles. The molecule has 0 N–H and O–H groups in total. The van der Waals surface area contributed by atoms with E-state index in [4.69, 9.17) is 16.7 Å². The van der Waals surface area contributed by atoms with Crippen LogP contribution in [0.5, 0.6) is 0 Å². The van der Waals surface area contributed by atoms with Crippen LogP contribution in [0.4, 0.5) is 0 Å². The van der Waals surface area contributed by atoms with Crippen LogP contribution < -0.4 is 0 Å². The summed E-state index contributed by atoms with van der Waals surface area (Å²) >= 11 is 9.48. The maximum atomic E-state index is 6.01. The maximum absolute atomic E-state index is 6.01. The molecule has 24 heavy (non-hydrogen) atoms. The Morgan fingerprint density at radius 1 is 0.917 bits per heavy atom. The summed E-state index contributed by atoms with van der Waals surface area (Å²) < 4.78 is 2.96. The average molecular weight is 399 g/mol. The van der Waals surface area contributed by atoms with Gasteiger partial charge in [0.2, 0.25) is 0 Å². The second-order valence-electron chi connectivity index (χ2n) is 5.54. The van der Waals surface area contributed by atoms with E-state index in [9.17, 15) is 0 Å². The van der Waals surface area contributed by atoms with Crippen molar-refractivity contribution >= 4 is 33.2 Å². The van der Waals surface area contributed by atoms with Gasteiger partial charge in [-0.3, -0.25) is 0 Å². The van der Waals surface area contributed by atoms with Crippen molar-refractivity contribution in [2.45, 2.75) is 6.92 Å². The smallest absolute Gasteiger partial charge is 0.163 e. The van der Waals surface area contributed by atoms with Gasteiger partial charge in [0, 0.05) is 26.8 Å². The van der Waals surface area contributed by atoms with E-state index in [1.807, 2.05) is 60.1 Å². The molecule has 0 amide bonds. The van der Waals surface area contributed by atoms with Gasteiger partial charge in [0.1, 0.15) is 0 Å². The maximum Gasteiger partial charge on any atom is 0.163 e. The standard InChI is InChI=1S/C19H13BrClN3/c1-12-18(14-4-8-16(21)9-5-14)19-22-11-10-17(24(19)23-12)13-2-6-15(20)7-3-13/h2-11H,1H3. The first kappa shape index (κ1) is 15.4. The van der Waals surface area contributed by atoms with Crippen LogP contribution in [0.25, 0.3) is 28.0 Å². The third-order valence-corrected chi connectivity index (χ3v) is 4.75. The van der Waals surface area contributed by atoms with E-state index in [0.717, 1.165) is 43.2 Å². The highest BCUT2D eigenvalue weighted by Crippen LogP contribution is 2.31. The van der Waals surface area contributed by atoms with E-state index in [2.05, 4.69) is 33.0 Å². The molecular formula is C19H13BrClN3. The van der Waals surface area contributed by atoms with Gasteiger partial charge in [-0.25, -0.2) is 9.50 Å². The molecule has 0 radical (unpaired) electrons. The van der Waals surface area contributed by atoms with Crippen molar-refractivity contribution in [3.63, 3.8) is 0 Å². The molecule has 0 aliphatic rings. The molecule has 4 rings (SSSR count). The number of aryl methyl sites for hydroxylation is 1. The van der Waals surface area contributed by atoms with Crippen LogP contribution >= 0.6 is 27.5 Å². The van der Waals surface area contributed by atoms with Gasteiger partial charge < -0.3 is 0 Å². The highest BCUT2D eigenvalue weighted by molar-refractivity contribution is 9.10. The Hall–Kier alpha value is -2.17. The van der Waals surface area contributed by atoms with Gasteiger partial charge in [-0.2, -0.15) is 5.10 Å². The van der Waals surface area contributed by atoms with E-state index in [-0.39, 0.29) is 0 Å². The summed E-state index contributed by atoms with van der Waals surface area (Å²) in [6.45, 7) is 2.00. The second kappa shape index (κ2) is 6.04. The van der Waals surface area contributed by atoms with Crippen LogP contribution in [-0.2, 0) is 0 Å². The van der Waals surface area contributed by atoms with Crippen molar-refractivity contribution in [3.8, 4) is 22.4 Å². The zero-order valence-electron chi connectivity index (χ0n) is 12.9. The highest BCUT2D eigenvalue weighted by Gasteiger charge is 2.15. The monoisotopic (exact) mass is 397 g/mol. The lowest BCUT2D eigenvalue weighted by atomic mass is 10.1. The minimum Gasteiger partial charge on any atom is -0.236 e. The first-order chi connectivity index (χ1) is 11.6. The van der Waals surface area contributed by atoms with Crippen molar-refractivity contribution < 1.29 is 0 Å². The Labute approximate surface area is 153 Å². The summed E-state index contributed by atoms with van der Waals surface area (Å²) in [6.07, 6.45) is 1.83. The van der Waals surface area contributed by atoms with Crippen LogP contribution in [0.2, 0.25) is 5.02 Å². The number of hydrogen-bond acceptors (Lipinski definition) is 2. The highest BCUT2D eigenvalue weighted by atomic mass is 79.9. The minimum absolute atomic E-state index is 0.719. The lowest BCUT2D eigenvalue weighted by Crippen LogP contribution is -1.95. The fourth-order valence-electron chi connectivity index (χ4n) is 2.85. The van der Waals surface area contributed by atoms with Gasteiger partial charge in [-0.15, -0.1) is 0 Å². The number of aromatic nitrogens is 3. The lowest BCUT2D eigenvalue weighted by molar-refractivity contribution is 0.925. The fraction of sp³-hybridized carbons (Fsp3) is 0.0526. The first-order valence-electron chi connectivity index (χ1n) is 7.50. The summed E-state index contributed by atoms with van der Waals surface area (Å²) in [5.74, 6) is 0. The Morgan fingerprint density at radius 2 is 1.58 bits per heavy atom. The van der Waals surface area contributed by atoms with Crippen molar-refractivity contribution in [2.24, 2.45) is 0 Å². The molecule has 4 aromatic rings. The first-order valence-corrected chi connectivity index (χ1v) is 8.67. The van der Waals surface area contributed by atoms with Crippen molar-refractivity contribution in [1.29, 1.82) is 0 Å². The molecule has 0 atom stereocenters. The van der Waals surface area contributed by atoms with Crippen LogP contribution in [0.3, 0.4) is 0 Å². The zero-order valence-corrected chi connectivity index (χ0v) is 15.2. The lowest BCUT2D eigenvalue weighted by Gasteiger charge is -2.05. The molecule has 118 valence electrons. The van der Waals surface area contributed by atoms with E-state index < -0.39 is 0 Å². The molecule has 0 fully saturated rings. The van der Waals surface area contributed by atoms with Crippen molar-refractivity contribution in [1.82, 2.24) is 14.6 Å². The molecule has 0 aliphatic carbocycles. The van der Waals surface area contributed by atoms with Gasteiger partial charge >= 0.3 is 0 Å². The second-order valence-corrected chi connectivity index (χ2v) is 6.89. The van der Waals surface area contributed by atoms with Gasteiger partial charge in [0.15, 0.2) is 5.65 Å². The molecular weight excluding hydrogens is 386 g/mol. The summed E-state index contributed by atoms with van der Waals surface area (Å²) in [5.41, 5.74) is 5.98. The fourth-order valence-corrected chi connectivity index (χ4v) is 3.24. The van der Waals surface area contributed by atoms with Gasteiger partial charge in [-0.1, -0.05) is 51.8 Å². The number of hydrogen-bond donors (Lipinski definition) is 0. The van der Waals surface area contributed by atoms with Crippen LogP contribution in [0.15, 0.2) is 65.3 Å². The van der Waals surface area contributed by atoms with Crippen LogP contribution in [-0.4, -0.2) is 14.6 Å². The topological polar surface area (TPSA) is 30.2 Å². The summed E-state index contributed by atoms with van der Waals surface area (Å²) in [4.78, 5) is 4.56. The van der Waals surface area contributed by atoms with Gasteiger partial charge in [0.25, 0.3) is 0 Å². The average Bonchev–Trinajstić information content (AvgIpc) is 2.92. The molecule has 0 bridgehead atoms. The van der Waals surface area contributed by atoms with Gasteiger partial charge in [0.05, 0.1) is 11.4 Å². The van der Waals surface area contributed by atoms with Crippen LogP contribution in [0, 0.1) is 6.92 Å². The molecule has 0 saturated carbocycles. The molecule has 0 aliphatic heterocycles. The third-order valence-electron chi connectivity index (χ3n) is 3.97. The molecule has 0 spiro atoms. The quantitative estimate of drug-likeness (QED) is 0.428. The number of fused-ring (bicyclic) bond motifs is 1. The Balaban J connectivity index is 1.95. The van der Waals surface area contributed by atoms with E-state index in [1.165, 1.54) is 0 Å². The molecule has 3 nitrogen and oxygen atoms in total. The number of benzene rings is 2. The summed E-state index contributed by atoms with van der Waals surface area (Å²) in [7, 11) is 0. The molecule has 0 saturated heterocycles. The largest absolute Gasteiger partial charge is 0.236 e. The SMILES string of the molecule is Cc1nn2c(-c3ccc(Br)cc3)ccnc2c1-c1ccc(Cl)cc1. The Bertz CT molecular complexity index is 1020. The van der Waals surface area contributed by atoms with E-state index in [1.54, 1.807) is 0 Å². The predicted octanol–water partition coefficient (Wildman–Crippen LogP) is 5.79. The van der Waals surface area contributed by atoms with Gasteiger partial charge in [-0.05, 0) is 42.8 Å². The van der Waals surface area contributed by atoms with Crippen molar-refractivity contribution in [3.05, 3.63) is 76.0 Å². The number of rotatable bonds is 2. The summed E-state index contributed by atoms with van der Waals surface area (Å²) in [5, 5.41) is 5.44. The molecule has 2 heterocycles. The van der Waals surface area contributed by atoms with Crippen LogP contribution in [0.1, 0.15) is 5.69 Å². The molecule has 5 heteroatoms. The normalized spacial score (nSPS) is 11.1. The third kappa shape index (κ3) is 2.62. The predicted molar refractivity (Wildman–Crippen MR) is 101 cm³/mol. The Morgan fingerprint density at radius 3 is 2.29 bits per heavy atom. The Kier molecular flexibility index (Phi) is 3.87. The molecule has 2 aromatic carbocycles. The molecule has 0 unspecified atom stereocenters. The van der Waals surface area contributed by atoms with E-state index >= 15 is 0 Å². The minimum atomic E-state index is 0.719. The zero-order chi connectivity index (χ0) is 16.7. The summed E-state index contributed by atoms with van der Waals surface area (Å²) in [6, 6.07) is 17.9. The number of halogens is 2. The van der Waals surface area contributed by atoms with Crippen molar-refractivity contribution in [2.75, 3.05) is 0 Å². The number of nitrogens with zero attached hydrogens (tertiary/aromatic N) is 3. The van der Waals surface area contributed by atoms with E-state index in [0.29, 0.717) is 0 Å².